The lowest BCUT2D eigenvalue weighted by molar-refractivity contribution is -0.302. The molecule has 4 unspecified atom stereocenters. The van der Waals surface area contributed by atoms with Gasteiger partial charge in [0.15, 0.2) is 6.29 Å². The molecule has 0 spiro atoms. The van der Waals surface area contributed by atoms with E-state index in [9.17, 15) is 40.5 Å². The highest BCUT2D eigenvalue weighted by molar-refractivity contribution is 5.80. The van der Waals surface area contributed by atoms with E-state index in [1.54, 1.807) is 6.08 Å². The minimum atomic E-state index is -1.64. The van der Waals surface area contributed by atoms with E-state index in [2.05, 4.69) is 25.7 Å². The van der Waals surface area contributed by atoms with Gasteiger partial charge in [0.2, 0.25) is 5.91 Å². The summed E-state index contributed by atoms with van der Waals surface area (Å²) in [6.07, 6.45) is 19.3. The van der Waals surface area contributed by atoms with E-state index in [1.807, 2.05) is 0 Å². The fraction of sp³-hybridized carbons (Fsp3) is 0.884. The van der Waals surface area contributed by atoms with Gasteiger partial charge < -0.3 is 50.5 Å². The van der Waals surface area contributed by atoms with Crippen molar-refractivity contribution in [3.63, 3.8) is 0 Å². The van der Waals surface area contributed by atoms with Gasteiger partial charge in [0.05, 0.1) is 31.5 Å². The molecule has 1 aliphatic heterocycles. The van der Waals surface area contributed by atoms with Crippen molar-refractivity contribution >= 4 is 5.91 Å². The Bertz CT molecular complexity index is 949. The normalized spacial score (nSPS) is 22.6. The summed E-state index contributed by atoms with van der Waals surface area (Å²) < 4.78 is 11.1. The summed E-state index contributed by atoms with van der Waals surface area (Å²) >= 11 is 0. The van der Waals surface area contributed by atoms with Gasteiger partial charge in [-0.05, 0) is 38.5 Å². The molecule has 318 valence electrons. The predicted molar refractivity (Wildman–Crippen MR) is 215 cm³/mol. The Morgan fingerprint density at radius 1 is 0.741 bits per heavy atom. The molecule has 9 atom stereocenters. The van der Waals surface area contributed by atoms with Gasteiger partial charge in [0.1, 0.15) is 30.5 Å². The first-order chi connectivity index (χ1) is 26.0. The Morgan fingerprint density at radius 2 is 1.26 bits per heavy atom. The van der Waals surface area contributed by atoms with Gasteiger partial charge in [-0.25, -0.2) is 0 Å². The van der Waals surface area contributed by atoms with Crippen LogP contribution in [0.15, 0.2) is 24.3 Å². The van der Waals surface area contributed by atoms with E-state index in [0.29, 0.717) is 25.7 Å². The number of nitrogens with one attached hydrogen (secondary N) is 1. The second-order valence-electron chi connectivity index (χ2n) is 15.7. The molecule has 11 nitrogen and oxygen atoms in total. The summed E-state index contributed by atoms with van der Waals surface area (Å²) in [7, 11) is 0. The molecule has 0 aliphatic carbocycles. The first kappa shape index (κ1) is 50.6. The second kappa shape index (κ2) is 32.7. The lowest BCUT2D eigenvalue weighted by Crippen LogP contribution is -2.60. The number of carbonyl (C=O) groups excluding carboxylic acids is 1. The highest BCUT2D eigenvalue weighted by Crippen LogP contribution is 2.23. The molecule has 0 saturated carbocycles. The Balaban J connectivity index is 2.56. The number of rotatable bonds is 35. The van der Waals surface area contributed by atoms with Gasteiger partial charge >= 0.3 is 0 Å². The minimum Gasteiger partial charge on any atom is -0.394 e. The maximum atomic E-state index is 13.0. The molecule has 0 bridgehead atoms. The van der Waals surface area contributed by atoms with Gasteiger partial charge in [-0.15, -0.1) is 0 Å². The van der Waals surface area contributed by atoms with Gasteiger partial charge in [-0.3, -0.25) is 4.79 Å². The van der Waals surface area contributed by atoms with Crippen LogP contribution in [0.2, 0.25) is 0 Å². The fourth-order valence-corrected chi connectivity index (χ4v) is 6.92. The average molecular weight is 772 g/mol. The van der Waals surface area contributed by atoms with Crippen molar-refractivity contribution in [3.8, 4) is 0 Å². The van der Waals surface area contributed by atoms with Crippen LogP contribution in [0, 0.1) is 0 Å². The van der Waals surface area contributed by atoms with E-state index in [1.165, 1.54) is 102 Å². The number of amides is 1. The van der Waals surface area contributed by atoms with Crippen molar-refractivity contribution in [2.24, 2.45) is 0 Å². The lowest BCUT2D eigenvalue weighted by Gasteiger charge is -2.40. The standard InChI is InChI=1S/C43H81NO10/c1-4-6-8-10-12-13-14-15-16-17-18-19-21-23-29-37(48)42(52)44-35(32-53-43-41(51)40(50)39(49)38(31-45)54-43)36(47)28-25-24-27-34(46)30-33(3)26-22-20-11-9-7-5-2/h25,28,34-41,43,45-51H,3-24,26-27,29-32H2,1-2H3,(H,44,52)/b28-25+/t34?,35?,36?,37?,38-,39-,40+,41-,43-/m1/s1. The number of hydrogen-bond acceptors (Lipinski definition) is 10. The van der Waals surface area contributed by atoms with Crippen LogP contribution < -0.4 is 5.32 Å². The maximum absolute atomic E-state index is 13.0. The number of unbranched alkanes of at least 4 members (excludes halogenated alkanes) is 18. The highest BCUT2D eigenvalue weighted by Gasteiger charge is 2.44. The van der Waals surface area contributed by atoms with Crippen molar-refractivity contribution < 1.29 is 50.0 Å². The van der Waals surface area contributed by atoms with E-state index in [-0.39, 0.29) is 13.0 Å². The van der Waals surface area contributed by atoms with Crippen LogP contribution in [0.25, 0.3) is 0 Å². The molecule has 0 aromatic heterocycles. The number of aliphatic hydroxyl groups is 7. The minimum absolute atomic E-state index is 0.276. The largest absolute Gasteiger partial charge is 0.394 e. The van der Waals surface area contributed by atoms with Gasteiger partial charge in [-0.2, -0.15) is 0 Å². The number of hydrogen-bond donors (Lipinski definition) is 8. The summed E-state index contributed by atoms with van der Waals surface area (Å²) in [4.78, 5) is 13.0. The molecule has 54 heavy (non-hydrogen) atoms. The van der Waals surface area contributed by atoms with E-state index < -0.39 is 67.6 Å². The predicted octanol–water partition coefficient (Wildman–Crippen LogP) is 6.28. The molecule has 0 aromatic carbocycles. The number of carbonyl (C=O) groups is 1. The van der Waals surface area contributed by atoms with Crippen LogP contribution in [0.1, 0.15) is 174 Å². The molecular formula is C43H81NO10. The zero-order chi connectivity index (χ0) is 40.0. The van der Waals surface area contributed by atoms with Crippen LogP contribution in [0.4, 0.5) is 0 Å². The summed E-state index contributed by atoms with van der Waals surface area (Å²) in [6.45, 7) is 7.57. The molecule has 1 aliphatic rings. The quantitative estimate of drug-likeness (QED) is 0.0269. The van der Waals surface area contributed by atoms with E-state index in [4.69, 9.17) is 9.47 Å². The summed E-state index contributed by atoms with van der Waals surface area (Å²) in [5, 5.41) is 75.0. The van der Waals surface area contributed by atoms with Crippen LogP contribution in [-0.4, -0.2) is 110 Å². The van der Waals surface area contributed by atoms with E-state index >= 15 is 0 Å². The number of ether oxygens (including phenoxy) is 2. The Morgan fingerprint density at radius 3 is 1.80 bits per heavy atom. The SMILES string of the molecule is C=C(CCCCCCCC)CC(O)CC/C=C/C(O)C(CO[C@@H]1O[C@H](CO)[C@@H](O)[C@H](O)[C@H]1O)NC(=O)C(O)CCCCCCCCCCCCCCCC. The van der Waals surface area contributed by atoms with Crippen molar-refractivity contribution in [2.75, 3.05) is 13.2 Å². The van der Waals surface area contributed by atoms with Crippen LogP contribution in [-0.2, 0) is 14.3 Å². The third-order valence-corrected chi connectivity index (χ3v) is 10.6. The zero-order valence-electron chi connectivity index (χ0n) is 34.0. The Labute approximate surface area is 327 Å². The van der Waals surface area contributed by atoms with E-state index in [0.717, 1.165) is 37.7 Å². The summed E-state index contributed by atoms with van der Waals surface area (Å²) in [5.74, 6) is -0.668. The van der Waals surface area contributed by atoms with Crippen molar-refractivity contribution in [1.82, 2.24) is 5.32 Å². The zero-order valence-corrected chi connectivity index (χ0v) is 34.0. The van der Waals surface area contributed by atoms with Crippen molar-refractivity contribution in [1.29, 1.82) is 0 Å². The monoisotopic (exact) mass is 772 g/mol. The first-order valence-corrected chi connectivity index (χ1v) is 21.7. The molecule has 1 rings (SSSR count). The first-order valence-electron chi connectivity index (χ1n) is 21.7. The van der Waals surface area contributed by atoms with Crippen molar-refractivity contribution in [3.05, 3.63) is 24.3 Å². The Hall–Kier alpha value is -1.41. The molecular weight excluding hydrogens is 690 g/mol. The summed E-state index contributed by atoms with van der Waals surface area (Å²) in [5.41, 5.74) is 1.03. The van der Waals surface area contributed by atoms with Crippen LogP contribution >= 0.6 is 0 Å². The van der Waals surface area contributed by atoms with Crippen LogP contribution in [0.5, 0.6) is 0 Å². The fourth-order valence-electron chi connectivity index (χ4n) is 6.92. The molecule has 0 aromatic rings. The third-order valence-electron chi connectivity index (χ3n) is 10.6. The number of aliphatic hydroxyl groups excluding tert-OH is 7. The van der Waals surface area contributed by atoms with Gasteiger partial charge in [0, 0.05) is 0 Å². The number of allylic oxidation sites excluding steroid dienone is 1. The molecule has 1 heterocycles. The third kappa shape index (κ3) is 23.6. The highest BCUT2D eigenvalue weighted by atomic mass is 16.7. The second-order valence-corrected chi connectivity index (χ2v) is 15.7. The lowest BCUT2D eigenvalue weighted by atomic mass is 9.99. The smallest absolute Gasteiger partial charge is 0.249 e. The van der Waals surface area contributed by atoms with Crippen molar-refractivity contribution in [2.45, 2.75) is 229 Å². The maximum Gasteiger partial charge on any atom is 0.249 e. The molecule has 1 amide bonds. The van der Waals surface area contributed by atoms with Crippen LogP contribution in [0.3, 0.4) is 0 Å². The van der Waals surface area contributed by atoms with Gasteiger partial charge in [0.25, 0.3) is 0 Å². The Kier molecular flexibility index (Phi) is 30.6. The molecule has 11 heteroatoms. The molecule has 1 saturated heterocycles. The molecule has 0 radical (unpaired) electrons. The van der Waals surface area contributed by atoms with Gasteiger partial charge in [-0.1, -0.05) is 160 Å². The molecule has 8 N–H and O–H groups in total. The topological polar surface area (TPSA) is 189 Å². The average Bonchev–Trinajstić information content (AvgIpc) is 3.15. The summed E-state index contributed by atoms with van der Waals surface area (Å²) in [6, 6.07) is -1.06. The molecule has 1 fully saturated rings.